The van der Waals surface area contributed by atoms with Crippen molar-refractivity contribution in [3.63, 3.8) is 0 Å². The molecule has 2 rings (SSSR count). The van der Waals surface area contributed by atoms with Gasteiger partial charge in [-0.3, -0.25) is 9.59 Å². The van der Waals surface area contributed by atoms with Gasteiger partial charge >= 0.3 is 0 Å². The molecule has 8 heteroatoms. The van der Waals surface area contributed by atoms with Crippen LogP contribution in [0.3, 0.4) is 0 Å². The summed E-state index contributed by atoms with van der Waals surface area (Å²) in [6.45, 7) is 1.36. The molecule has 25 heavy (non-hydrogen) atoms. The summed E-state index contributed by atoms with van der Waals surface area (Å²) in [6.07, 6.45) is -0.178. The lowest BCUT2D eigenvalue weighted by Gasteiger charge is -2.08. The summed E-state index contributed by atoms with van der Waals surface area (Å²) in [5, 5.41) is 5.64. The van der Waals surface area contributed by atoms with Crippen LogP contribution in [0.4, 0.5) is 11.4 Å². The summed E-state index contributed by atoms with van der Waals surface area (Å²) in [5.41, 5.74) is 1.01. The maximum absolute atomic E-state index is 12.3. The maximum atomic E-state index is 12.3. The molecule has 0 bridgehead atoms. The molecule has 132 valence electrons. The Hall–Kier alpha value is -2.38. The van der Waals surface area contributed by atoms with Crippen molar-refractivity contribution in [2.45, 2.75) is 18.2 Å². The molecule has 0 fully saturated rings. The Bertz CT molecular complexity index is 880. The second-order valence-corrected chi connectivity index (χ2v) is 7.88. The van der Waals surface area contributed by atoms with Crippen molar-refractivity contribution in [3.05, 3.63) is 53.6 Å². The molecule has 2 aromatic carbocycles. The first-order valence-electron chi connectivity index (χ1n) is 7.42. The van der Waals surface area contributed by atoms with Crippen LogP contribution in [-0.4, -0.2) is 26.0 Å². The zero-order valence-electron chi connectivity index (χ0n) is 13.5. The summed E-state index contributed by atoms with van der Waals surface area (Å²) in [5.74, 6) is -0.979. The predicted octanol–water partition coefficient (Wildman–Crippen LogP) is 3.10. The van der Waals surface area contributed by atoms with Crippen molar-refractivity contribution >= 4 is 44.6 Å². The summed E-state index contributed by atoms with van der Waals surface area (Å²) in [7, 11) is -3.60. The average Bonchev–Trinajstić information content (AvgIpc) is 2.53. The standard InChI is InChI=1S/C17H17ClN2O4S/c1-12(21)19-14-5-7-16(8-6-14)25(23,24)10-9-17(22)20-15-4-2-3-13(18)11-15/h2-8,11H,9-10H2,1H3,(H,19,21)(H,20,22). The van der Waals surface area contributed by atoms with Gasteiger partial charge in [-0.15, -0.1) is 0 Å². The van der Waals surface area contributed by atoms with Crippen LogP contribution in [-0.2, 0) is 19.4 Å². The lowest BCUT2D eigenvalue weighted by molar-refractivity contribution is -0.116. The predicted molar refractivity (Wildman–Crippen MR) is 97.5 cm³/mol. The number of benzene rings is 2. The first-order chi connectivity index (χ1) is 11.8. The average molecular weight is 381 g/mol. The molecule has 0 aliphatic carbocycles. The van der Waals surface area contributed by atoms with Gasteiger partial charge in [-0.1, -0.05) is 17.7 Å². The minimum Gasteiger partial charge on any atom is -0.326 e. The molecule has 0 aliphatic rings. The van der Waals surface area contributed by atoms with Gasteiger partial charge < -0.3 is 10.6 Å². The molecule has 2 amide bonds. The highest BCUT2D eigenvalue weighted by Crippen LogP contribution is 2.17. The SMILES string of the molecule is CC(=O)Nc1ccc(S(=O)(=O)CCC(=O)Nc2cccc(Cl)c2)cc1. The minimum absolute atomic E-state index is 0.0946. The van der Waals surface area contributed by atoms with Crippen LogP contribution in [0.2, 0.25) is 5.02 Å². The number of amides is 2. The molecule has 0 saturated heterocycles. The number of carbonyl (C=O) groups is 2. The number of sulfone groups is 1. The molecule has 0 aliphatic heterocycles. The number of rotatable bonds is 6. The van der Waals surface area contributed by atoms with Crippen LogP contribution in [0.25, 0.3) is 0 Å². The van der Waals surface area contributed by atoms with Gasteiger partial charge in [0.25, 0.3) is 0 Å². The highest BCUT2D eigenvalue weighted by molar-refractivity contribution is 7.91. The fraction of sp³-hybridized carbons (Fsp3) is 0.176. The summed E-state index contributed by atoms with van der Waals surface area (Å²) >= 11 is 5.83. The van der Waals surface area contributed by atoms with Crippen LogP contribution in [0, 0.1) is 0 Å². The fourth-order valence-electron chi connectivity index (χ4n) is 2.08. The molecule has 2 N–H and O–H groups in total. The first-order valence-corrected chi connectivity index (χ1v) is 9.45. The van der Waals surface area contributed by atoms with Gasteiger partial charge in [0, 0.05) is 29.7 Å². The summed E-state index contributed by atoms with van der Waals surface area (Å²) in [6, 6.07) is 12.4. The van der Waals surface area contributed by atoms with Crippen molar-refractivity contribution in [2.75, 3.05) is 16.4 Å². The normalized spacial score (nSPS) is 11.0. The molecule has 0 aromatic heterocycles. The van der Waals surface area contributed by atoms with Gasteiger partial charge in [0.05, 0.1) is 10.6 Å². The van der Waals surface area contributed by atoms with E-state index in [0.717, 1.165) is 0 Å². The zero-order valence-corrected chi connectivity index (χ0v) is 15.0. The number of hydrogen-bond acceptors (Lipinski definition) is 4. The smallest absolute Gasteiger partial charge is 0.225 e. The van der Waals surface area contributed by atoms with E-state index < -0.39 is 15.7 Å². The van der Waals surface area contributed by atoms with E-state index in [-0.39, 0.29) is 23.0 Å². The monoisotopic (exact) mass is 380 g/mol. The lowest BCUT2D eigenvalue weighted by Crippen LogP contribution is -2.17. The van der Waals surface area contributed by atoms with Crippen molar-refractivity contribution in [2.24, 2.45) is 0 Å². The van der Waals surface area contributed by atoms with Gasteiger partial charge in [0.2, 0.25) is 11.8 Å². The van der Waals surface area contributed by atoms with Crippen LogP contribution in [0.15, 0.2) is 53.4 Å². The highest BCUT2D eigenvalue weighted by Gasteiger charge is 2.16. The molecule has 2 aromatic rings. The van der Waals surface area contributed by atoms with Crippen molar-refractivity contribution in [1.82, 2.24) is 0 Å². The number of nitrogens with one attached hydrogen (secondary N) is 2. The van der Waals surface area contributed by atoms with Crippen molar-refractivity contribution in [3.8, 4) is 0 Å². The van der Waals surface area contributed by atoms with E-state index in [2.05, 4.69) is 10.6 Å². The van der Waals surface area contributed by atoms with Gasteiger partial charge in [0.15, 0.2) is 9.84 Å². The maximum Gasteiger partial charge on any atom is 0.225 e. The van der Waals surface area contributed by atoms with Gasteiger partial charge in [-0.05, 0) is 42.5 Å². The first kappa shape index (κ1) is 19.0. The minimum atomic E-state index is -3.60. The third-order valence-electron chi connectivity index (χ3n) is 3.24. The number of hydrogen-bond donors (Lipinski definition) is 2. The van der Waals surface area contributed by atoms with Crippen molar-refractivity contribution in [1.29, 1.82) is 0 Å². The van der Waals surface area contributed by atoms with E-state index in [1.165, 1.54) is 31.2 Å². The molecule has 0 atom stereocenters. The summed E-state index contributed by atoms with van der Waals surface area (Å²) in [4.78, 5) is 23.0. The van der Waals surface area contributed by atoms with E-state index in [4.69, 9.17) is 11.6 Å². The van der Waals surface area contributed by atoms with E-state index in [0.29, 0.717) is 16.4 Å². The molecule has 6 nitrogen and oxygen atoms in total. The Balaban J connectivity index is 1.96. The molecule has 0 spiro atoms. The Labute approximate surface area is 151 Å². The van der Waals surface area contributed by atoms with E-state index in [1.807, 2.05) is 0 Å². The topological polar surface area (TPSA) is 92.3 Å². The van der Waals surface area contributed by atoms with E-state index in [9.17, 15) is 18.0 Å². The third kappa shape index (κ3) is 5.88. The zero-order chi connectivity index (χ0) is 18.4. The number of carbonyl (C=O) groups excluding carboxylic acids is 2. The lowest BCUT2D eigenvalue weighted by atomic mass is 10.3. The second-order valence-electron chi connectivity index (χ2n) is 5.33. The Morgan fingerprint density at radius 2 is 1.68 bits per heavy atom. The Kier molecular flexibility index (Phi) is 6.17. The highest BCUT2D eigenvalue weighted by atomic mass is 35.5. The molecule has 0 unspecified atom stereocenters. The molecule has 0 saturated carbocycles. The fourth-order valence-corrected chi connectivity index (χ4v) is 3.51. The third-order valence-corrected chi connectivity index (χ3v) is 5.21. The quantitative estimate of drug-likeness (QED) is 0.805. The summed E-state index contributed by atoms with van der Waals surface area (Å²) < 4.78 is 24.6. The van der Waals surface area contributed by atoms with Crippen LogP contribution < -0.4 is 10.6 Å². The van der Waals surface area contributed by atoms with Crippen LogP contribution >= 0.6 is 11.6 Å². The number of halogens is 1. The van der Waals surface area contributed by atoms with E-state index >= 15 is 0 Å². The second kappa shape index (κ2) is 8.13. The van der Waals surface area contributed by atoms with Gasteiger partial charge in [-0.2, -0.15) is 0 Å². The molecule has 0 heterocycles. The molecule has 0 radical (unpaired) electrons. The van der Waals surface area contributed by atoms with E-state index in [1.54, 1.807) is 24.3 Å². The van der Waals surface area contributed by atoms with Crippen molar-refractivity contribution < 1.29 is 18.0 Å². The Morgan fingerprint density at radius 1 is 1.00 bits per heavy atom. The Morgan fingerprint density at radius 3 is 2.28 bits per heavy atom. The number of anilines is 2. The molecular formula is C17H17ClN2O4S. The molecular weight excluding hydrogens is 364 g/mol. The van der Waals surface area contributed by atoms with Gasteiger partial charge in [0.1, 0.15) is 0 Å². The van der Waals surface area contributed by atoms with Crippen LogP contribution in [0.1, 0.15) is 13.3 Å². The van der Waals surface area contributed by atoms with Gasteiger partial charge in [-0.25, -0.2) is 8.42 Å². The van der Waals surface area contributed by atoms with Crippen LogP contribution in [0.5, 0.6) is 0 Å². The largest absolute Gasteiger partial charge is 0.326 e.